The largest absolute Gasteiger partial charge is 0.502 e. The van der Waals surface area contributed by atoms with Crippen LogP contribution >= 0.6 is 0 Å². The second-order valence-corrected chi connectivity index (χ2v) is 8.64. The Bertz CT molecular complexity index is 652. The van der Waals surface area contributed by atoms with Gasteiger partial charge in [0.15, 0.2) is 5.75 Å². The number of aromatic hydroxyl groups is 1. The number of anilines is 1. The highest BCUT2D eigenvalue weighted by Crippen LogP contribution is 2.28. The number of phenols is 1. The van der Waals surface area contributed by atoms with Crippen LogP contribution in [0.4, 0.5) is 16.2 Å². The molecule has 1 aromatic carbocycles. The summed E-state index contributed by atoms with van der Waals surface area (Å²) in [6.07, 6.45) is 20.9. The van der Waals surface area contributed by atoms with E-state index in [0.29, 0.717) is 6.54 Å². The van der Waals surface area contributed by atoms with Crippen molar-refractivity contribution in [1.82, 2.24) is 5.32 Å². The summed E-state index contributed by atoms with van der Waals surface area (Å²) in [4.78, 5) is 22.0. The van der Waals surface area contributed by atoms with E-state index in [-0.39, 0.29) is 5.69 Å². The van der Waals surface area contributed by atoms with E-state index in [1.165, 1.54) is 102 Å². The summed E-state index contributed by atoms with van der Waals surface area (Å²) in [5.41, 5.74) is -0.153. The average Bonchev–Trinajstić information content (AvgIpc) is 2.77. The molecule has 1 rings (SSSR count). The van der Waals surface area contributed by atoms with Gasteiger partial charge in [-0.25, -0.2) is 4.79 Å². The molecule has 0 fully saturated rings. The highest BCUT2D eigenvalue weighted by atomic mass is 16.6. The minimum Gasteiger partial charge on any atom is -0.502 e. The van der Waals surface area contributed by atoms with Gasteiger partial charge >= 0.3 is 11.7 Å². The third-order valence-corrected chi connectivity index (χ3v) is 5.75. The number of nitro groups is 1. The van der Waals surface area contributed by atoms with Crippen LogP contribution in [-0.4, -0.2) is 22.6 Å². The summed E-state index contributed by atoms with van der Waals surface area (Å²) in [7, 11) is 0. The molecule has 0 aliphatic rings. The molecule has 3 N–H and O–H groups in total. The van der Waals surface area contributed by atoms with Gasteiger partial charge in [-0.15, -0.1) is 0 Å². The quantitative estimate of drug-likeness (QED) is 0.0871. The van der Waals surface area contributed by atoms with Gasteiger partial charge in [-0.05, 0) is 18.6 Å². The smallest absolute Gasteiger partial charge is 0.319 e. The molecule has 0 atom stereocenters. The fraction of sp³-hybridized carbons (Fsp3) is 0.720. The Labute approximate surface area is 193 Å². The molecule has 0 aliphatic heterocycles. The van der Waals surface area contributed by atoms with Gasteiger partial charge in [0.25, 0.3) is 0 Å². The lowest BCUT2D eigenvalue weighted by Crippen LogP contribution is -2.29. The second kappa shape index (κ2) is 18.3. The number of urea groups is 1. The SMILES string of the molecule is CCCCCCCCCCCCCCCCCCNC(=O)Nc1ccc(O)c([N+](=O)[O-])c1. The molecule has 1 aromatic rings. The topological polar surface area (TPSA) is 104 Å². The summed E-state index contributed by atoms with van der Waals surface area (Å²) in [5.74, 6) is -0.422. The first-order chi connectivity index (χ1) is 15.5. The van der Waals surface area contributed by atoms with Gasteiger partial charge < -0.3 is 15.7 Å². The second-order valence-electron chi connectivity index (χ2n) is 8.64. The van der Waals surface area contributed by atoms with E-state index in [0.717, 1.165) is 18.9 Å². The number of nitro benzene ring substituents is 1. The molecule has 0 aromatic heterocycles. The van der Waals surface area contributed by atoms with Crippen molar-refractivity contribution in [2.24, 2.45) is 0 Å². The molecule has 0 bridgehead atoms. The molecule has 182 valence electrons. The van der Waals surface area contributed by atoms with Crippen LogP contribution in [0.15, 0.2) is 18.2 Å². The van der Waals surface area contributed by atoms with Crippen LogP contribution in [0.5, 0.6) is 5.75 Å². The Kier molecular flexibility index (Phi) is 15.8. The van der Waals surface area contributed by atoms with E-state index < -0.39 is 22.4 Å². The third-order valence-electron chi connectivity index (χ3n) is 5.75. The lowest BCUT2D eigenvalue weighted by atomic mass is 10.0. The molecule has 2 amide bonds. The van der Waals surface area contributed by atoms with Crippen molar-refractivity contribution in [1.29, 1.82) is 0 Å². The number of amides is 2. The van der Waals surface area contributed by atoms with E-state index in [4.69, 9.17) is 0 Å². The molecular formula is C25H43N3O4. The number of unbranched alkanes of at least 4 members (excludes halogenated alkanes) is 15. The van der Waals surface area contributed by atoms with Crippen LogP contribution < -0.4 is 10.6 Å². The first-order valence-corrected chi connectivity index (χ1v) is 12.6. The summed E-state index contributed by atoms with van der Waals surface area (Å²) in [6, 6.07) is 3.37. The lowest BCUT2D eigenvalue weighted by molar-refractivity contribution is -0.385. The first-order valence-electron chi connectivity index (χ1n) is 12.6. The van der Waals surface area contributed by atoms with Crippen molar-refractivity contribution in [3.63, 3.8) is 0 Å². The van der Waals surface area contributed by atoms with E-state index in [1.807, 2.05) is 0 Å². The molecule has 0 aliphatic carbocycles. The van der Waals surface area contributed by atoms with Gasteiger partial charge in [0, 0.05) is 18.3 Å². The minimum absolute atomic E-state index is 0.277. The van der Waals surface area contributed by atoms with Crippen molar-refractivity contribution in [3.05, 3.63) is 28.3 Å². The zero-order valence-electron chi connectivity index (χ0n) is 19.9. The molecule has 0 saturated heterocycles. The number of hydrogen-bond donors (Lipinski definition) is 3. The van der Waals surface area contributed by atoms with Gasteiger partial charge in [0.05, 0.1) is 4.92 Å². The van der Waals surface area contributed by atoms with Gasteiger partial charge in [-0.2, -0.15) is 0 Å². The standard InChI is InChI=1S/C25H43N3O4/c1-2-3-4-5-6-7-8-9-10-11-12-13-14-15-16-17-20-26-25(30)27-22-18-19-24(29)23(21-22)28(31)32/h18-19,21,29H,2-17,20H2,1H3,(H2,26,27,30). The predicted molar refractivity (Wildman–Crippen MR) is 131 cm³/mol. The molecule has 0 unspecified atom stereocenters. The number of carbonyl (C=O) groups excluding carboxylic acids is 1. The van der Waals surface area contributed by atoms with Crippen LogP contribution in [0.2, 0.25) is 0 Å². The maximum Gasteiger partial charge on any atom is 0.319 e. The Balaban J connectivity index is 1.90. The average molecular weight is 450 g/mol. The Morgan fingerprint density at radius 1 is 0.844 bits per heavy atom. The van der Waals surface area contributed by atoms with E-state index in [9.17, 15) is 20.0 Å². The van der Waals surface area contributed by atoms with Crippen LogP contribution in [0, 0.1) is 10.1 Å². The molecule has 7 heteroatoms. The highest BCUT2D eigenvalue weighted by molar-refractivity contribution is 5.89. The Morgan fingerprint density at radius 2 is 1.31 bits per heavy atom. The Hall–Kier alpha value is -2.31. The molecule has 32 heavy (non-hydrogen) atoms. The molecule has 0 heterocycles. The fourth-order valence-electron chi connectivity index (χ4n) is 3.80. The predicted octanol–water partition coefficient (Wildman–Crippen LogP) is 7.68. The molecule has 7 nitrogen and oxygen atoms in total. The number of hydrogen-bond acceptors (Lipinski definition) is 4. The van der Waals surface area contributed by atoms with Crippen molar-refractivity contribution in [2.75, 3.05) is 11.9 Å². The number of nitrogens with one attached hydrogen (secondary N) is 2. The van der Waals surface area contributed by atoms with Crippen molar-refractivity contribution in [2.45, 2.75) is 110 Å². The summed E-state index contributed by atoms with van der Waals surface area (Å²) in [6.45, 7) is 2.84. The number of nitrogens with zero attached hydrogens (tertiary/aromatic N) is 1. The monoisotopic (exact) mass is 449 g/mol. The zero-order valence-corrected chi connectivity index (χ0v) is 19.9. The lowest BCUT2D eigenvalue weighted by Gasteiger charge is -2.08. The molecular weight excluding hydrogens is 406 g/mol. The van der Waals surface area contributed by atoms with E-state index in [2.05, 4.69) is 17.6 Å². The maximum absolute atomic E-state index is 11.9. The fourth-order valence-corrected chi connectivity index (χ4v) is 3.80. The Morgan fingerprint density at radius 3 is 1.78 bits per heavy atom. The van der Waals surface area contributed by atoms with Gasteiger partial charge in [0.1, 0.15) is 0 Å². The van der Waals surface area contributed by atoms with Gasteiger partial charge in [-0.1, -0.05) is 103 Å². The van der Waals surface area contributed by atoms with Crippen LogP contribution in [0.25, 0.3) is 0 Å². The van der Waals surface area contributed by atoms with Crippen molar-refractivity contribution >= 4 is 17.4 Å². The number of phenolic OH excluding ortho intramolecular Hbond substituents is 1. The number of carbonyl (C=O) groups is 1. The number of benzene rings is 1. The van der Waals surface area contributed by atoms with E-state index in [1.54, 1.807) is 0 Å². The number of rotatable bonds is 19. The summed E-state index contributed by atoms with van der Waals surface area (Å²) >= 11 is 0. The summed E-state index contributed by atoms with van der Waals surface area (Å²) in [5, 5.41) is 25.6. The maximum atomic E-state index is 11.9. The zero-order chi connectivity index (χ0) is 23.4. The minimum atomic E-state index is -0.686. The summed E-state index contributed by atoms with van der Waals surface area (Å²) < 4.78 is 0. The highest BCUT2D eigenvalue weighted by Gasteiger charge is 2.14. The molecule has 0 spiro atoms. The van der Waals surface area contributed by atoms with Gasteiger partial charge in [0.2, 0.25) is 0 Å². The van der Waals surface area contributed by atoms with Crippen LogP contribution in [0.1, 0.15) is 110 Å². The van der Waals surface area contributed by atoms with Crippen molar-refractivity contribution in [3.8, 4) is 5.75 Å². The van der Waals surface area contributed by atoms with Crippen LogP contribution in [-0.2, 0) is 0 Å². The first kappa shape index (κ1) is 27.7. The van der Waals surface area contributed by atoms with Gasteiger partial charge in [-0.3, -0.25) is 10.1 Å². The van der Waals surface area contributed by atoms with E-state index >= 15 is 0 Å². The van der Waals surface area contributed by atoms with Crippen molar-refractivity contribution < 1.29 is 14.8 Å². The normalized spacial score (nSPS) is 10.8. The molecule has 0 radical (unpaired) electrons. The third kappa shape index (κ3) is 13.9. The van der Waals surface area contributed by atoms with Crippen LogP contribution in [0.3, 0.4) is 0 Å². The molecule has 0 saturated carbocycles.